The van der Waals surface area contributed by atoms with Crippen LogP contribution in [0.5, 0.6) is 0 Å². The first kappa shape index (κ1) is 18.2. The molecule has 28 heavy (non-hydrogen) atoms. The van der Waals surface area contributed by atoms with Gasteiger partial charge < -0.3 is 14.6 Å². The van der Waals surface area contributed by atoms with Crippen LogP contribution < -0.4 is 10.2 Å². The van der Waals surface area contributed by atoms with E-state index < -0.39 is 0 Å². The van der Waals surface area contributed by atoms with Crippen LogP contribution >= 0.6 is 0 Å². The van der Waals surface area contributed by atoms with Gasteiger partial charge in [-0.15, -0.1) is 0 Å². The molecule has 1 aromatic carbocycles. The first-order valence-electron chi connectivity index (χ1n) is 9.70. The lowest BCUT2D eigenvalue weighted by Crippen LogP contribution is -2.30. The average molecular weight is 376 g/mol. The second-order valence-electron chi connectivity index (χ2n) is 7.05. The van der Waals surface area contributed by atoms with Gasteiger partial charge in [-0.25, -0.2) is 4.98 Å². The van der Waals surface area contributed by atoms with Crippen LogP contribution in [0.3, 0.4) is 0 Å². The molecule has 0 saturated carbocycles. The number of carbonyl (C=O) groups excluding carboxylic acids is 1. The van der Waals surface area contributed by atoms with Gasteiger partial charge in [0.15, 0.2) is 5.82 Å². The molecule has 6 nitrogen and oxygen atoms in total. The fourth-order valence-corrected chi connectivity index (χ4v) is 3.50. The minimum Gasteiger partial charge on any atom is -0.465 e. The smallest absolute Gasteiger partial charge is 0.251 e. The fraction of sp³-hybridized carbons (Fsp3) is 0.318. The highest BCUT2D eigenvalue weighted by molar-refractivity contribution is 5.94. The van der Waals surface area contributed by atoms with Crippen molar-refractivity contribution in [2.45, 2.75) is 32.7 Å². The van der Waals surface area contributed by atoms with E-state index in [0.29, 0.717) is 12.1 Å². The van der Waals surface area contributed by atoms with Gasteiger partial charge in [0.25, 0.3) is 5.91 Å². The lowest BCUT2D eigenvalue weighted by molar-refractivity contribution is 0.0948. The average Bonchev–Trinajstić information content (AvgIpc) is 3.18. The third-order valence-electron chi connectivity index (χ3n) is 4.97. The SMILES string of the molecule is Cc1ccc(CNC(=O)c2ccc(-c3nccnc3N3CCCCC3)cc2)o1. The maximum Gasteiger partial charge on any atom is 0.251 e. The molecule has 144 valence electrons. The summed E-state index contributed by atoms with van der Waals surface area (Å²) in [6.07, 6.45) is 7.10. The normalized spacial score (nSPS) is 14.1. The molecule has 0 unspecified atom stereocenters. The number of rotatable bonds is 5. The summed E-state index contributed by atoms with van der Waals surface area (Å²) in [5, 5.41) is 2.88. The Morgan fingerprint density at radius 3 is 2.50 bits per heavy atom. The zero-order chi connectivity index (χ0) is 19.3. The number of aromatic nitrogens is 2. The van der Waals surface area contributed by atoms with Crippen molar-refractivity contribution in [3.63, 3.8) is 0 Å². The highest BCUT2D eigenvalue weighted by atomic mass is 16.3. The van der Waals surface area contributed by atoms with E-state index in [1.165, 1.54) is 19.3 Å². The molecule has 4 rings (SSSR count). The molecule has 1 fully saturated rings. The van der Waals surface area contributed by atoms with Crippen LogP contribution in [-0.4, -0.2) is 29.0 Å². The monoisotopic (exact) mass is 376 g/mol. The van der Waals surface area contributed by atoms with Gasteiger partial charge in [0.05, 0.1) is 6.54 Å². The van der Waals surface area contributed by atoms with E-state index in [9.17, 15) is 4.79 Å². The molecule has 1 N–H and O–H groups in total. The molecule has 0 spiro atoms. The number of carbonyl (C=O) groups is 1. The van der Waals surface area contributed by atoms with Crippen molar-refractivity contribution in [2.75, 3.05) is 18.0 Å². The van der Waals surface area contributed by atoms with Crippen molar-refractivity contribution < 1.29 is 9.21 Å². The van der Waals surface area contributed by atoms with Gasteiger partial charge in [-0.1, -0.05) is 12.1 Å². The number of hydrogen-bond donors (Lipinski definition) is 1. The maximum atomic E-state index is 12.4. The largest absolute Gasteiger partial charge is 0.465 e. The molecular formula is C22H24N4O2. The Kier molecular flexibility index (Phi) is 5.37. The fourth-order valence-electron chi connectivity index (χ4n) is 3.50. The number of anilines is 1. The number of furan rings is 1. The predicted octanol–water partition coefficient (Wildman–Crippen LogP) is 3.97. The van der Waals surface area contributed by atoms with E-state index in [1.807, 2.05) is 43.3 Å². The number of benzene rings is 1. The molecule has 1 saturated heterocycles. The van der Waals surface area contributed by atoms with Gasteiger partial charge in [-0.3, -0.25) is 9.78 Å². The number of hydrogen-bond acceptors (Lipinski definition) is 5. The summed E-state index contributed by atoms with van der Waals surface area (Å²) in [5.41, 5.74) is 2.43. The first-order chi connectivity index (χ1) is 13.7. The Balaban J connectivity index is 1.48. The summed E-state index contributed by atoms with van der Waals surface area (Å²) in [6, 6.07) is 11.3. The summed E-state index contributed by atoms with van der Waals surface area (Å²) < 4.78 is 5.48. The van der Waals surface area contributed by atoms with Crippen molar-refractivity contribution in [1.29, 1.82) is 0 Å². The summed E-state index contributed by atoms with van der Waals surface area (Å²) in [7, 11) is 0. The highest BCUT2D eigenvalue weighted by Crippen LogP contribution is 2.28. The van der Waals surface area contributed by atoms with Crippen LogP contribution in [0, 0.1) is 6.92 Å². The van der Waals surface area contributed by atoms with Crippen LogP contribution in [0.1, 0.15) is 41.1 Å². The quantitative estimate of drug-likeness (QED) is 0.730. The third kappa shape index (κ3) is 4.06. The molecule has 0 radical (unpaired) electrons. The number of nitrogens with one attached hydrogen (secondary N) is 1. The Hall–Kier alpha value is -3.15. The number of nitrogens with zero attached hydrogens (tertiary/aromatic N) is 3. The van der Waals surface area contributed by atoms with Crippen LogP contribution in [0.15, 0.2) is 53.2 Å². The van der Waals surface area contributed by atoms with Gasteiger partial charge in [-0.2, -0.15) is 0 Å². The van der Waals surface area contributed by atoms with Gasteiger partial charge in [-0.05, 0) is 50.5 Å². The summed E-state index contributed by atoms with van der Waals surface area (Å²) in [6.45, 7) is 4.28. The molecule has 0 atom stereocenters. The van der Waals surface area contributed by atoms with Gasteiger partial charge in [0, 0.05) is 36.6 Å². The highest BCUT2D eigenvalue weighted by Gasteiger charge is 2.18. The second-order valence-corrected chi connectivity index (χ2v) is 7.05. The summed E-state index contributed by atoms with van der Waals surface area (Å²) in [5.74, 6) is 2.37. The Bertz CT molecular complexity index is 943. The van der Waals surface area contributed by atoms with Crippen molar-refractivity contribution >= 4 is 11.7 Å². The van der Waals surface area contributed by atoms with E-state index in [2.05, 4.69) is 20.2 Å². The number of aryl methyl sites for hydroxylation is 1. The second kappa shape index (κ2) is 8.25. The van der Waals surface area contributed by atoms with E-state index >= 15 is 0 Å². The van der Waals surface area contributed by atoms with E-state index in [0.717, 1.165) is 41.7 Å². The summed E-state index contributed by atoms with van der Waals surface area (Å²) in [4.78, 5) is 23.8. The molecule has 0 aliphatic carbocycles. The number of amides is 1. The van der Waals surface area contributed by atoms with Gasteiger partial charge in [0.2, 0.25) is 0 Å². The van der Waals surface area contributed by atoms with E-state index in [4.69, 9.17) is 4.42 Å². The van der Waals surface area contributed by atoms with Crippen LogP contribution in [0.4, 0.5) is 5.82 Å². The van der Waals surface area contributed by atoms with Crippen LogP contribution in [0.25, 0.3) is 11.3 Å². The standard InChI is InChI=1S/C22H24N4O2/c1-16-5-10-19(28-16)15-25-22(27)18-8-6-17(7-9-18)20-21(24-12-11-23-20)26-13-3-2-4-14-26/h5-12H,2-4,13-15H2,1H3,(H,25,27). The Labute approximate surface area is 164 Å². The van der Waals surface area contributed by atoms with Crippen molar-refractivity contribution in [2.24, 2.45) is 0 Å². The minimum absolute atomic E-state index is 0.129. The molecule has 1 aliphatic rings. The van der Waals surface area contributed by atoms with Gasteiger partial charge in [0.1, 0.15) is 17.2 Å². The van der Waals surface area contributed by atoms with Gasteiger partial charge >= 0.3 is 0 Å². The molecular weight excluding hydrogens is 352 g/mol. The maximum absolute atomic E-state index is 12.4. The molecule has 6 heteroatoms. The van der Waals surface area contributed by atoms with E-state index in [1.54, 1.807) is 12.4 Å². The van der Waals surface area contributed by atoms with E-state index in [-0.39, 0.29) is 5.91 Å². The zero-order valence-electron chi connectivity index (χ0n) is 16.0. The molecule has 1 amide bonds. The molecule has 3 heterocycles. The molecule has 1 aliphatic heterocycles. The zero-order valence-corrected chi connectivity index (χ0v) is 16.0. The molecule has 0 bridgehead atoms. The first-order valence-corrected chi connectivity index (χ1v) is 9.70. The minimum atomic E-state index is -0.129. The lowest BCUT2D eigenvalue weighted by Gasteiger charge is -2.28. The molecule has 3 aromatic rings. The van der Waals surface area contributed by atoms with Crippen LogP contribution in [0.2, 0.25) is 0 Å². The Morgan fingerprint density at radius 2 is 1.79 bits per heavy atom. The predicted molar refractivity (Wildman–Crippen MR) is 108 cm³/mol. The van der Waals surface area contributed by atoms with Crippen molar-refractivity contribution in [3.05, 3.63) is 65.9 Å². The number of piperidine rings is 1. The van der Waals surface area contributed by atoms with Crippen molar-refractivity contribution in [1.82, 2.24) is 15.3 Å². The topological polar surface area (TPSA) is 71.3 Å². The lowest BCUT2D eigenvalue weighted by atomic mass is 10.1. The Morgan fingerprint density at radius 1 is 1.04 bits per heavy atom. The summed E-state index contributed by atoms with van der Waals surface area (Å²) >= 11 is 0. The third-order valence-corrected chi connectivity index (χ3v) is 4.97. The molecule has 2 aromatic heterocycles. The van der Waals surface area contributed by atoms with Crippen LogP contribution in [-0.2, 0) is 6.54 Å². The van der Waals surface area contributed by atoms with Crippen molar-refractivity contribution in [3.8, 4) is 11.3 Å².